The quantitative estimate of drug-likeness (QED) is 0.0261. The molecule has 0 aliphatic carbocycles. The summed E-state index contributed by atoms with van der Waals surface area (Å²) in [6.45, 7) is 6.38. The molecule has 0 saturated carbocycles. The summed E-state index contributed by atoms with van der Waals surface area (Å²) >= 11 is 0. The molecule has 6 heteroatoms. The highest BCUT2D eigenvalue weighted by molar-refractivity contribution is 5.71. The molecule has 0 aromatic carbocycles. The molecule has 0 bridgehead atoms. The standard InChI is InChI=1S/C73H124O6/c1-4-7-10-13-16-19-22-25-27-29-30-31-32-33-34-35-36-37-38-39-40-41-42-44-45-48-51-54-57-60-63-66-72(75)78-69-70(68-77-71(74)65-62-59-56-53-50-47-24-21-18-15-12-9-6-3)79-73(76)67-64-61-58-55-52-49-46-43-28-26-23-20-17-14-11-8-5-2/h8-9,11-12,17-18,20-22,25-26,28-30,46-47,49-50,70H,4-7,10,13-16,19,23-24,27,31-45,48,51-69H2,1-3H3/b11-8-,12-9-,20-17-,21-18-,25-22-,28-26-,30-29-,49-46-,50-47-. The van der Waals surface area contributed by atoms with Gasteiger partial charge in [-0.3, -0.25) is 14.4 Å². The number of allylic oxidation sites excluding steroid dienone is 18. The van der Waals surface area contributed by atoms with Gasteiger partial charge in [0.05, 0.1) is 0 Å². The molecule has 0 amide bonds. The Morgan fingerprint density at radius 2 is 0.494 bits per heavy atom. The maximum atomic E-state index is 12.9. The van der Waals surface area contributed by atoms with Crippen LogP contribution in [0.25, 0.3) is 0 Å². The summed E-state index contributed by atoms with van der Waals surface area (Å²) in [7, 11) is 0. The van der Waals surface area contributed by atoms with Crippen molar-refractivity contribution in [3.05, 3.63) is 109 Å². The zero-order chi connectivity index (χ0) is 57.1. The normalized spacial score (nSPS) is 12.8. The average Bonchev–Trinajstić information content (AvgIpc) is 3.45. The SMILES string of the molecule is CC/C=C\C/C=C\C/C=C\C/C=C\CCCCCCC(=O)OC(COC(=O)CCCCC/C=C\C/C=C\C/C=C\CC)COC(=O)CCCCCCCCCCCCCCCCCCCCC/C=C\C/C=C\CCCCCCC. The first-order valence-corrected chi connectivity index (χ1v) is 33.4. The van der Waals surface area contributed by atoms with Crippen LogP contribution >= 0.6 is 0 Å². The third-order valence-corrected chi connectivity index (χ3v) is 14.2. The summed E-state index contributed by atoms with van der Waals surface area (Å²) in [5.74, 6) is -0.944. The molecule has 0 spiro atoms. The molecule has 0 N–H and O–H groups in total. The Balaban J connectivity index is 4.23. The number of unbranched alkanes of at least 4 members (excludes halogenated alkanes) is 31. The summed E-state index contributed by atoms with van der Waals surface area (Å²) in [4.78, 5) is 38.3. The van der Waals surface area contributed by atoms with Gasteiger partial charge in [0.1, 0.15) is 13.2 Å². The lowest BCUT2D eigenvalue weighted by Crippen LogP contribution is -2.30. The molecule has 0 radical (unpaired) electrons. The van der Waals surface area contributed by atoms with Crippen LogP contribution in [0, 0.1) is 0 Å². The summed E-state index contributed by atoms with van der Waals surface area (Å²) in [6, 6.07) is 0. The Kier molecular flexibility index (Phi) is 63.3. The predicted molar refractivity (Wildman–Crippen MR) is 343 cm³/mol. The van der Waals surface area contributed by atoms with Crippen molar-refractivity contribution >= 4 is 17.9 Å². The fourth-order valence-electron chi connectivity index (χ4n) is 9.30. The molecule has 452 valence electrons. The van der Waals surface area contributed by atoms with Gasteiger partial charge in [0.15, 0.2) is 6.10 Å². The fourth-order valence-corrected chi connectivity index (χ4v) is 9.30. The molecule has 0 aliphatic rings. The van der Waals surface area contributed by atoms with Crippen LogP contribution < -0.4 is 0 Å². The Morgan fingerprint density at radius 1 is 0.266 bits per heavy atom. The predicted octanol–water partition coefficient (Wildman–Crippen LogP) is 23.0. The molecule has 1 unspecified atom stereocenters. The third-order valence-electron chi connectivity index (χ3n) is 14.2. The zero-order valence-corrected chi connectivity index (χ0v) is 51.9. The average molecular weight is 1100 g/mol. The lowest BCUT2D eigenvalue weighted by molar-refractivity contribution is -0.167. The van der Waals surface area contributed by atoms with E-state index in [0.717, 1.165) is 128 Å². The second kappa shape index (κ2) is 66.6. The van der Waals surface area contributed by atoms with Gasteiger partial charge in [-0.05, 0) is 122 Å². The van der Waals surface area contributed by atoms with Crippen molar-refractivity contribution < 1.29 is 28.6 Å². The van der Waals surface area contributed by atoms with Gasteiger partial charge in [-0.25, -0.2) is 0 Å². The maximum absolute atomic E-state index is 12.9. The number of carbonyl (C=O) groups is 3. The summed E-state index contributed by atoms with van der Waals surface area (Å²) in [5.41, 5.74) is 0. The van der Waals surface area contributed by atoms with E-state index in [2.05, 4.69) is 130 Å². The molecule has 0 aromatic rings. The van der Waals surface area contributed by atoms with Crippen molar-refractivity contribution in [1.82, 2.24) is 0 Å². The van der Waals surface area contributed by atoms with E-state index in [1.54, 1.807) is 0 Å². The Labute approximate surface area is 489 Å². The number of hydrogen-bond donors (Lipinski definition) is 0. The highest BCUT2D eigenvalue weighted by Gasteiger charge is 2.19. The van der Waals surface area contributed by atoms with E-state index in [4.69, 9.17) is 14.2 Å². The molecule has 0 rings (SSSR count). The number of carbonyl (C=O) groups excluding carboxylic acids is 3. The molecular weight excluding hydrogens is 973 g/mol. The van der Waals surface area contributed by atoms with E-state index in [0.29, 0.717) is 19.3 Å². The maximum Gasteiger partial charge on any atom is 0.306 e. The Hall–Kier alpha value is -3.93. The van der Waals surface area contributed by atoms with Gasteiger partial charge in [0.2, 0.25) is 0 Å². The summed E-state index contributed by atoms with van der Waals surface area (Å²) in [5, 5.41) is 0. The van der Waals surface area contributed by atoms with Crippen LogP contribution in [0.15, 0.2) is 109 Å². The first kappa shape index (κ1) is 75.1. The van der Waals surface area contributed by atoms with Crippen LogP contribution in [0.3, 0.4) is 0 Å². The van der Waals surface area contributed by atoms with Crippen molar-refractivity contribution in [2.45, 2.75) is 322 Å². The number of rotatable bonds is 60. The van der Waals surface area contributed by atoms with E-state index in [1.165, 1.54) is 148 Å². The van der Waals surface area contributed by atoms with Gasteiger partial charge in [0.25, 0.3) is 0 Å². The molecule has 6 nitrogen and oxygen atoms in total. The van der Waals surface area contributed by atoms with Crippen molar-refractivity contribution in [2.24, 2.45) is 0 Å². The zero-order valence-electron chi connectivity index (χ0n) is 51.9. The van der Waals surface area contributed by atoms with E-state index in [9.17, 15) is 14.4 Å². The minimum atomic E-state index is -0.805. The summed E-state index contributed by atoms with van der Waals surface area (Å²) in [6.07, 6.45) is 91.2. The molecule has 0 aromatic heterocycles. The van der Waals surface area contributed by atoms with Crippen LogP contribution in [-0.2, 0) is 28.6 Å². The minimum absolute atomic E-state index is 0.0967. The van der Waals surface area contributed by atoms with Crippen LogP contribution in [0.4, 0.5) is 0 Å². The van der Waals surface area contributed by atoms with Crippen LogP contribution in [0.5, 0.6) is 0 Å². The number of hydrogen-bond acceptors (Lipinski definition) is 6. The van der Waals surface area contributed by atoms with E-state index in [1.807, 2.05) is 0 Å². The molecule has 1 atom stereocenters. The van der Waals surface area contributed by atoms with Gasteiger partial charge >= 0.3 is 17.9 Å². The van der Waals surface area contributed by atoms with Crippen LogP contribution in [0.2, 0.25) is 0 Å². The van der Waals surface area contributed by atoms with Gasteiger partial charge in [-0.15, -0.1) is 0 Å². The lowest BCUT2D eigenvalue weighted by Gasteiger charge is -2.18. The lowest BCUT2D eigenvalue weighted by atomic mass is 10.0. The first-order valence-electron chi connectivity index (χ1n) is 33.4. The van der Waals surface area contributed by atoms with Gasteiger partial charge < -0.3 is 14.2 Å². The van der Waals surface area contributed by atoms with Crippen LogP contribution in [0.1, 0.15) is 316 Å². The number of esters is 3. The second-order valence-corrected chi connectivity index (χ2v) is 22.0. The van der Waals surface area contributed by atoms with E-state index in [-0.39, 0.29) is 31.1 Å². The summed E-state index contributed by atoms with van der Waals surface area (Å²) < 4.78 is 16.9. The van der Waals surface area contributed by atoms with Crippen molar-refractivity contribution in [2.75, 3.05) is 13.2 Å². The minimum Gasteiger partial charge on any atom is -0.462 e. The fraction of sp³-hybridized carbons (Fsp3) is 0.712. The second-order valence-electron chi connectivity index (χ2n) is 22.0. The molecule has 0 saturated heterocycles. The molecule has 79 heavy (non-hydrogen) atoms. The first-order chi connectivity index (χ1) is 39.0. The van der Waals surface area contributed by atoms with Crippen LogP contribution in [-0.4, -0.2) is 37.2 Å². The molecule has 0 heterocycles. The Morgan fingerprint density at radius 3 is 0.785 bits per heavy atom. The largest absolute Gasteiger partial charge is 0.462 e. The van der Waals surface area contributed by atoms with E-state index < -0.39 is 6.10 Å². The highest BCUT2D eigenvalue weighted by Crippen LogP contribution is 2.17. The van der Waals surface area contributed by atoms with Gasteiger partial charge in [-0.2, -0.15) is 0 Å². The van der Waals surface area contributed by atoms with E-state index >= 15 is 0 Å². The molecular formula is C73H124O6. The Bertz CT molecular complexity index is 1590. The van der Waals surface area contributed by atoms with Crippen molar-refractivity contribution in [3.8, 4) is 0 Å². The van der Waals surface area contributed by atoms with Crippen molar-refractivity contribution in [3.63, 3.8) is 0 Å². The molecule has 0 fully saturated rings. The topological polar surface area (TPSA) is 78.9 Å². The van der Waals surface area contributed by atoms with Gasteiger partial charge in [-0.1, -0.05) is 284 Å². The third kappa shape index (κ3) is 64.8. The number of ether oxygens (including phenoxy) is 3. The van der Waals surface area contributed by atoms with Crippen molar-refractivity contribution in [1.29, 1.82) is 0 Å². The monoisotopic (exact) mass is 1100 g/mol. The van der Waals surface area contributed by atoms with Gasteiger partial charge in [0, 0.05) is 19.3 Å². The smallest absolute Gasteiger partial charge is 0.306 e. The molecule has 0 aliphatic heterocycles. The highest BCUT2D eigenvalue weighted by atomic mass is 16.6.